The second-order valence-corrected chi connectivity index (χ2v) is 5.59. The lowest BCUT2D eigenvalue weighted by molar-refractivity contribution is 1.66. The predicted molar refractivity (Wildman–Crippen MR) is 81.1 cm³/mol. The summed E-state index contributed by atoms with van der Waals surface area (Å²) < 4.78 is 1.10. The van der Waals surface area contributed by atoms with Crippen LogP contribution in [0.25, 0.3) is 21.2 Å². The normalized spacial score (nSPS) is 10.9. The van der Waals surface area contributed by atoms with Crippen LogP contribution in [0.1, 0.15) is 0 Å². The Hall–Kier alpha value is -1.71. The zero-order chi connectivity index (χ0) is 12.7. The summed E-state index contributed by atoms with van der Waals surface area (Å²) in [6, 6.07) is 13.8. The molecule has 3 aromatic rings. The van der Waals surface area contributed by atoms with Gasteiger partial charge in [-0.2, -0.15) is 0 Å². The molecule has 0 bridgehead atoms. The minimum absolute atomic E-state index is 0.658. The van der Waals surface area contributed by atoms with E-state index in [2.05, 4.69) is 0 Å². The lowest BCUT2D eigenvalue weighted by Gasteiger charge is -2.05. The molecule has 1 heterocycles. The Balaban J connectivity index is 2.35. The van der Waals surface area contributed by atoms with E-state index in [0.717, 1.165) is 21.2 Å². The van der Waals surface area contributed by atoms with Gasteiger partial charge in [0.05, 0.1) is 5.69 Å². The van der Waals surface area contributed by atoms with Gasteiger partial charge in [-0.25, -0.2) is 0 Å². The van der Waals surface area contributed by atoms with Gasteiger partial charge in [0, 0.05) is 15.1 Å². The zero-order valence-corrected chi connectivity index (χ0v) is 11.1. The van der Waals surface area contributed by atoms with Gasteiger partial charge in [-0.1, -0.05) is 35.9 Å². The van der Waals surface area contributed by atoms with E-state index in [0.29, 0.717) is 15.7 Å². The minimum Gasteiger partial charge on any atom is -0.396 e. The third kappa shape index (κ3) is 1.72. The van der Waals surface area contributed by atoms with Gasteiger partial charge in [0.25, 0.3) is 0 Å². The van der Waals surface area contributed by atoms with Crippen LogP contribution in [0.4, 0.5) is 10.7 Å². The van der Waals surface area contributed by atoms with E-state index in [1.54, 1.807) is 0 Å². The molecule has 0 saturated carbocycles. The number of fused-ring (bicyclic) bond motifs is 1. The quantitative estimate of drug-likeness (QED) is 0.692. The molecular weight excluding hydrogens is 264 g/mol. The van der Waals surface area contributed by atoms with Crippen LogP contribution < -0.4 is 11.5 Å². The van der Waals surface area contributed by atoms with Crippen LogP contribution in [0.2, 0.25) is 5.02 Å². The highest BCUT2D eigenvalue weighted by atomic mass is 35.5. The van der Waals surface area contributed by atoms with Crippen LogP contribution in [-0.4, -0.2) is 0 Å². The van der Waals surface area contributed by atoms with E-state index >= 15 is 0 Å². The summed E-state index contributed by atoms with van der Waals surface area (Å²) in [6.07, 6.45) is 0. The Bertz CT molecular complexity index is 734. The van der Waals surface area contributed by atoms with Crippen LogP contribution in [0.3, 0.4) is 0 Å². The van der Waals surface area contributed by atoms with E-state index in [-0.39, 0.29) is 0 Å². The Labute approximate surface area is 114 Å². The summed E-state index contributed by atoms with van der Waals surface area (Å²) in [5.41, 5.74) is 14.7. The Kier molecular flexibility index (Phi) is 2.65. The summed E-state index contributed by atoms with van der Waals surface area (Å²) in [7, 11) is 0. The largest absolute Gasteiger partial charge is 0.396 e. The van der Waals surface area contributed by atoms with Crippen LogP contribution in [0.15, 0.2) is 42.5 Å². The Morgan fingerprint density at radius 1 is 1.00 bits per heavy atom. The Morgan fingerprint density at radius 2 is 1.78 bits per heavy atom. The summed E-state index contributed by atoms with van der Waals surface area (Å²) in [6.45, 7) is 0. The van der Waals surface area contributed by atoms with Crippen LogP contribution in [-0.2, 0) is 0 Å². The summed E-state index contributed by atoms with van der Waals surface area (Å²) >= 11 is 7.55. The number of hydrogen-bond acceptors (Lipinski definition) is 3. The summed E-state index contributed by atoms with van der Waals surface area (Å²) in [4.78, 5) is 0. The highest BCUT2D eigenvalue weighted by Gasteiger charge is 2.12. The average molecular weight is 275 g/mol. The number of hydrogen-bond donors (Lipinski definition) is 2. The van der Waals surface area contributed by atoms with Crippen molar-refractivity contribution in [2.45, 2.75) is 0 Å². The molecule has 0 aliphatic rings. The van der Waals surface area contributed by atoms with Crippen molar-refractivity contribution in [3.8, 4) is 11.1 Å². The van der Waals surface area contributed by atoms with E-state index in [1.807, 2.05) is 42.5 Å². The van der Waals surface area contributed by atoms with Gasteiger partial charge in [0.1, 0.15) is 5.00 Å². The zero-order valence-electron chi connectivity index (χ0n) is 9.48. The van der Waals surface area contributed by atoms with Crippen molar-refractivity contribution in [1.82, 2.24) is 0 Å². The maximum absolute atomic E-state index is 6.07. The van der Waals surface area contributed by atoms with Crippen molar-refractivity contribution >= 4 is 43.7 Å². The molecule has 18 heavy (non-hydrogen) atoms. The van der Waals surface area contributed by atoms with Gasteiger partial charge in [-0.15, -0.1) is 11.3 Å². The molecule has 0 amide bonds. The maximum Gasteiger partial charge on any atom is 0.110 e. The van der Waals surface area contributed by atoms with E-state index in [4.69, 9.17) is 23.1 Å². The van der Waals surface area contributed by atoms with E-state index in [1.165, 1.54) is 11.3 Å². The molecule has 0 saturated heterocycles. The van der Waals surface area contributed by atoms with Gasteiger partial charge in [-0.3, -0.25) is 0 Å². The second kappa shape index (κ2) is 4.19. The molecule has 0 fully saturated rings. The molecule has 2 aromatic carbocycles. The smallest absolute Gasteiger partial charge is 0.110 e. The maximum atomic E-state index is 6.07. The van der Waals surface area contributed by atoms with E-state index < -0.39 is 0 Å². The number of benzene rings is 2. The number of halogens is 1. The topological polar surface area (TPSA) is 52.0 Å². The first-order chi connectivity index (χ1) is 8.66. The monoisotopic (exact) mass is 274 g/mol. The lowest BCUT2D eigenvalue weighted by Crippen LogP contribution is -1.90. The number of rotatable bonds is 1. The van der Waals surface area contributed by atoms with Crippen molar-refractivity contribution in [2.75, 3.05) is 11.5 Å². The van der Waals surface area contributed by atoms with Crippen molar-refractivity contribution < 1.29 is 0 Å². The number of nitrogens with two attached hydrogens (primary N) is 2. The van der Waals surface area contributed by atoms with Gasteiger partial charge >= 0.3 is 0 Å². The summed E-state index contributed by atoms with van der Waals surface area (Å²) in [5, 5.41) is 2.40. The first-order valence-electron chi connectivity index (χ1n) is 5.49. The molecule has 0 spiro atoms. The standard InChI is InChI=1S/C14H11ClN2S/c15-9-4-1-3-8(7-9)10-5-2-6-11-12(10)13(16)14(17)18-11/h1-7H,16-17H2. The molecular formula is C14H11ClN2S. The van der Waals surface area contributed by atoms with Gasteiger partial charge in [0.2, 0.25) is 0 Å². The molecule has 0 aliphatic heterocycles. The average Bonchev–Trinajstić information content (AvgIpc) is 2.65. The SMILES string of the molecule is Nc1sc2cccc(-c3cccc(Cl)c3)c2c1N. The third-order valence-corrected chi connectivity index (χ3v) is 4.15. The highest BCUT2D eigenvalue weighted by molar-refractivity contribution is 7.23. The van der Waals surface area contributed by atoms with Gasteiger partial charge < -0.3 is 11.5 Å². The summed E-state index contributed by atoms with van der Waals surface area (Å²) in [5.74, 6) is 0. The molecule has 3 rings (SSSR count). The van der Waals surface area contributed by atoms with E-state index in [9.17, 15) is 0 Å². The van der Waals surface area contributed by atoms with Gasteiger partial charge in [0.15, 0.2) is 0 Å². The van der Waals surface area contributed by atoms with Crippen LogP contribution >= 0.6 is 22.9 Å². The molecule has 0 aliphatic carbocycles. The molecule has 0 atom stereocenters. The minimum atomic E-state index is 0.658. The first kappa shape index (κ1) is 11.4. The molecule has 0 radical (unpaired) electrons. The molecule has 2 nitrogen and oxygen atoms in total. The van der Waals surface area contributed by atoms with Crippen LogP contribution in [0.5, 0.6) is 0 Å². The molecule has 0 unspecified atom stereocenters. The number of anilines is 2. The second-order valence-electron chi connectivity index (χ2n) is 4.07. The first-order valence-corrected chi connectivity index (χ1v) is 6.68. The fourth-order valence-electron chi connectivity index (χ4n) is 2.09. The number of nitrogen functional groups attached to an aromatic ring is 2. The molecule has 90 valence electrons. The predicted octanol–water partition coefficient (Wildman–Crippen LogP) is 4.39. The fraction of sp³-hybridized carbons (Fsp3) is 0. The highest BCUT2D eigenvalue weighted by Crippen LogP contribution is 2.41. The molecule has 4 heteroatoms. The van der Waals surface area contributed by atoms with Crippen LogP contribution in [0, 0.1) is 0 Å². The molecule has 1 aromatic heterocycles. The lowest BCUT2D eigenvalue weighted by atomic mass is 10.0. The molecule has 4 N–H and O–H groups in total. The van der Waals surface area contributed by atoms with Gasteiger partial charge in [-0.05, 0) is 29.3 Å². The van der Waals surface area contributed by atoms with Crippen molar-refractivity contribution in [1.29, 1.82) is 0 Å². The van der Waals surface area contributed by atoms with Crippen molar-refractivity contribution in [2.24, 2.45) is 0 Å². The van der Waals surface area contributed by atoms with Crippen molar-refractivity contribution in [3.05, 3.63) is 47.5 Å². The van der Waals surface area contributed by atoms with Crippen molar-refractivity contribution in [3.63, 3.8) is 0 Å². The Morgan fingerprint density at radius 3 is 2.56 bits per heavy atom. The third-order valence-electron chi connectivity index (χ3n) is 2.92. The fourth-order valence-corrected chi connectivity index (χ4v) is 3.20. The number of thiophene rings is 1.